The molecule has 1 amide bonds. The highest BCUT2D eigenvalue weighted by molar-refractivity contribution is 5.94. The van der Waals surface area contributed by atoms with Crippen LogP contribution >= 0.6 is 0 Å². The van der Waals surface area contributed by atoms with Gasteiger partial charge in [-0.1, -0.05) is 13.3 Å². The van der Waals surface area contributed by atoms with Gasteiger partial charge in [0.1, 0.15) is 0 Å². The van der Waals surface area contributed by atoms with Crippen LogP contribution in [0.5, 0.6) is 0 Å². The highest BCUT2D eigenvalue weighted by atomic mass is 16.2. The molecule has 0 saturated heterocycles. The van der Waals surface area contributed by atoms with Crippen molar-refractivity contribution in [3.05, 3.63) is 29.6 Å². The van der Waals surface area contributed by atoms with Gasteiger partial charge in [-0.25, -0.2) is 0 Å². The first-order valence-electron chi connectivity index (χ1n) is 6.09. The zero-order valence-corrected chi connectivity index (χ0v) is 10.6. The molecule has 1 aromatic heterocycles. The van der Waals surface area contributed by atoms with Gasteiger partial charge < -0.3 is 10.6 Å². The average molecular weight is 235 g/mol. The molecular formula is C13H21N3O. The topological polar surface area (TPSA) is 59.2 Å². The normalized spacial score (nSPS) is 10.3. The third-order valence-electron chi connectivity index (χ3n) is 2.66. The molecular weight excluding hydrogens is 214 g/mol. The highest BCUT2D eigenvalue weighted by Crippen LogP contribution is 2.06. The third kappa shape index (κ3) is 4.15. The first kappa shape index (κ1) is 13.6. The maximum Gasteiger partial charge on any atom is 0.253 e. The summed E-state index contributed by atoms with van der Waals surface area (Å²) in [6, 6.07) is 3.59. The SMILES string of the molecule is CCCCN(C)C(=O)c1ccnc(CCN)c1. The van der Waals surface area contributed by atoms with Crippen molar-refractivity contribution in [1.29, 1.82) is 0 Å². The van der Waals surface area contributed by atoms with Gasteiger partial charge in [0, 0.05) is 37.5 Å². The smallest absolute Gasteiger partial charge is 0.253 e. The van der Waals surface area contributed by atoms with Crippen LogP contribution in [0.25, 0.3) is 0 Å². The number of aromatic nitrogens is 1. The number of unbranched alkanes of at least 4 members (excludes halogenated alkanes) is 1. The predicted molar refractivity (Wildman–Crippen MR) is 68.9 cm³/mol. The van der Waals surface area contributed by atoms with Crippen LogP contribution in [0.1, 0.15) is 35.8 Å². The van der Waals surface area contributed by atoms with Gasteiger partial charge in [-0.3, -0.25) is 9.78 Å². The number of hydrogen-bond donors (Lipinski definition) is 1. The number of pyridine rings is 1. The molecule has 0 unspecified atom stereocenters. The Kier molecular flexibility index (Phi) is 5.63. The fourth-order valence-corrected chi connectivity index (χ4v) is 1.61. The lowest BCUT2D eigenvalue weighted by molar-refractivity contribution is 0.0793. The summed E-state index contributed by atoms with van der Waals surface area (Å²) in [7, 11) is 1.83. The molecule has 0 saturated carbocycles. The van der Waals surface area contributed by atoms with E-state index in [4.69, 9.17) is 5.73 Å². The van der Waals surface area contributed by atoms with Gasteiger partial charge in [0.05, 0.1) is 0 Å². The van der Waals surface area contributed by atoms with Gasteiger partial charge in [0.25, 0.3) is 5.91 Å². The molecule has 0 spiro atoms. The van der Waals surface area contributed by atoms with Crippen molar-refractivity contribution in [2.45, 2.75) is 26.2 Å². The summed E-state index contributed by atoms with van der Waals surface area (Å²) in [5.74, 6) is 0.0547. The number of amides is 1. The van der Waals surface area contributed by atoms with E-state index < -0.39 is 0 Å². The molecule has 1 aromatic rings. The van der Waals surface area contributed by atoms with Crippen molar-refractivity contribution >= 4 is 5.91 Å². The maximum atomic E-state index is 12.1. The van der Waals surface area contributed by atoms with Crippen molar-refractivity contribution in [3.63, 3.8) is 0 Å². The molecule has 4 nitrogen and oxygen atoms in total. The summed E-state index contributed by atoms with van der Waals surface area (Å²) in [6.07, 6.45) is 4.50. The van der Waals surface area contributed by atoms with Gasteiger partial charge in [0.15, 0.2) is 0 Å². The van der Waals surface area contributed by atoms with E-state index in [1.807, 2.05) is 13.1 Å². The van der Waals surface area contributed by atoms with Crippen molar-refractivity contribution < 1.29 is 4.79 Å². The van der Waals surface area contributed by atoms with Gasteiger partial charge >= 0.3 is 0 Å². The molecule has 0 aliphatic carbocycles. The molecule has 94 valence electrons. The minimum absolute atomic E-state index is 0.0547. The Hall–Kier alpha value is -1.42. The Balaban J connectivity index is 2.70. The van der Waals surface area contributed by atoms with Crippen molar-refractivity contribution in [1.82, 2.24) is 9.88 Å². The van der Waals surface area contributed by atoms with E-state index in [2.05, 4.69) is 11.9 Å². The van der Waals surface area contributed by atoms with Crippen LogP contribution < -0.4 is 5.73 Å². The molecule has 2 N–H and O–H groups in total. The predicted octanol–water partition coefficient (Wildman–Crippen LogP) is 1.45. The highest BCUT2D eigenvalue weighted by Gasteiger charge is 2.11. The number of carbonyl (C=O) groups excluding carboxylic acids is 1. The average Bonchev–Trinajstić information content (AvgIpc) is 2.35. The molecule has 0 aromatic carbocycles. The van der Waals surface area contributed by atoms with Gasteiger partial charge in [-0.15, -0.1) is 0 Å². The van der Waals surface area contributed by atoms with Crippen molar-refractivity contribution in [2.75, 3.05) is 20.1 Å². The van der Waals surface area contributed by atoms with Crippen molar-refractivity contribution in [2.24, 2.45) is 5.73 Å². The quantitative estimate of drug-likeness (QED) is 0.812. The first-order chi connectivity index (χ1) is 8.19. The number of carbonyl (C=O) groups is 1. The van der Waals surface area contributed by atoms with E-state index >= 15 is 0 Å². The van der Waals surface area contributed by atoms with Crippen molar-refractivity contribution in [3.8, 4) is 0 Å². The second-order valence-corrected chi connectivity index (χ2v) is 4.15. The van der Waals surface area contributed by atoms with E-state index in [1.54, 1.807) is 17.2 Å². The summed E-state index contributed by atoms with van der Waals surface area (Å²) in [6.45, 7) is 3.46. The van der Waals surface area contributed by atoms with Crippen LogP contribution in [0.4, 0.5) is 0 Å². The number of hydrogen-bond acceptors (Lipinski definition) is 3. The van der Waals surface area contributed by atoms with Crippen LogP contribution in [0, 0.1) is 0 Å². The van der Waals surface area contributed by atoms with Gasteiger partial charge in [-0.05, 0) is 25.1 Å². The van der Waals surface area contributed by atoms with Crippen LogP contribution in [0.15, 0.2) is 18.3 Å². The van der Waals surface area contributed by atoms with Crippen LogP contribution in [0.3, 0.4) is 0 Å². The van der Waals surface area contributed by atoms with E-state index in [0.29, 0.717) is 18.5 Å². The Bertz CT molecular complexity index is 365. The second-order valence-electron chi connectivity index (χ2n) is 4.15. The molecule has 17 heavy (non-hydrogen) atoms. The molecule has 0 radical (unpaired) electrons. The van der Waals surface area contributed by atoms with Gasteiger partial charge in [-0.2, -0.15) is 0 Å². The van der Waals surface area contributed by atoms with E-state index in [9.17, 15) is 4.79 Å². The minimum Gasteiger partial charge on any atom is -0.342 e. The summed E-state index contributed by atoms with van der Waals surface area (Å²) in [4.78, 5) is 18.0. The fourth-order valence-electron chi connectivity index (χ4n) is 1.61. The minimum atomic E-state index is 0.0547. The lowest BCUT2D eigenvalue weighted by atomic mass is 10.1. The van der Waals surface area contributed by atoms with E-state index in [1.165, 1.54) is 0 Å². The summed E-state index contributed by atoms with van der Waals surface area (Å²) < 4.78 is 0. The van der Waals surface area contributed by atoms with Crippen LogP contribution in [0.2, 0.25) is 0 Å². The Labute approximate surface area is 103 Å². The zero-order chi connectivity index (χ0) is 12.7. The Morgan fingerprint density at radius 1 is 1.53 bits per heavy atom. The summed E-state index contributed by atoms with van der Waals surface area (Å²) >= 11 is 0. The van der Waals surface area contributed by atoms with Crippen LogP contribution in [-0.4, -0.2) is 35.9 Å². The molecule has 1 rings (SSSR count). The third-order valence-corrected chi connectivity index (χ3v) is 2.66. The monoisotopic (exact) mass is 235 g/mol. The standard InChI is InChI=1S/C13H21N3O/c1-3-4-9-16(2)13(17)11-6-8-15-12(10-11)5-7-14/h6,8,10H,3-5,7,9,14H2,1-2H3. The summed E-state index contributed by atoms with van der Waals surface area (Å²) in [5, 5.41) is 0. The molecule has 0 aliphatic heterocycles. The molecule has 0 atom stereocenters. The van der Waals surface area contributed by atoms with E-state index in [0.717, 1.165) is 25.1 Å². The lowest BCUT2D eigenvalue weighted by Gasteiger charge is -2.16. The van der Waals surface area contributed by atoms with E-state index in [-0.39, 0.29) is 5.91 Å². The lowest BCUT2D eigenvalue weighted by Crippen LogP contribution is -2.27. The molecule has 4 heteroatoms. The molecule has 1 heterocycles. The number of nitrogens with zero attached hydrogens (tertiary/aromatic N) is 2. The first-order valence-corrected chi connectivity index (χ1v) is 6.09. The fraction of sp³-hybridized carbons (Fsp3) is 0.538. The molecule has 0 fully saturated rings. The maximum absolute atomic E-state index is 12.1. The Morgan fingerprint density at radius 3 is 2.94 bits per heavy atom. The zero-order valence-electron chi connectivity index (χ0n) is 10.6. The summed E-state index contributed by atoms with van der Waals surface area (Å²) in [5.41, 5.74) is 7.05. The molecule has 0 aliphatic rings. The molecule has 0 bridgehead atoms. The van der Waals surface area contributed by atoms with Crippen LogP contribution in [-0.2, 0) is 6.42 Å². The largest absolute Gasteiger partial charge is 0.342 e. The Morgan fingerprint density at radius 2 is 2.29 bits per heavy atom. The number of rotatable bonds is 6. The number of nitrogens with two attached hydrogens (primary N) is 1. The second kappa shape index (κ2) is 7.01. The van der Waals surface area contributed by atoms with Gasteiger partial charge in [0.2, 0.25) is 0 Å².